The third-order valence-electron chi connectivity index (χ3n) is 2.98. The second kappa shape index (κ2) is 4.65. The van der Waals surface area contributed by atoms with Gasteiger partial charge in [-0.3, -0.25) is 9.55 Å². The van der Waals surface area contributed by atoms with Gasteiger partial charge in [0.2, 0.25) is 0 Å². The van der Waals surface area contributed by atoms with Gasteiger partial charge >= 0.3 is 0 Å². The van der Waals surface area contributed by atoms with E-state index in [0.717, 1.165) is 23.0 Å². The lowest BCUT2D eigenvalue weighted by atomic mass is 10.2. The van der Waals surface area contributed by atoms with Crippen molar-refractivity contribution < 1.29 is 0 Å². The van der Waals surface area contributed by atoms with E-state index >= 15 is 0 Å². The molecule has 0 saturated heterocycles. The van der Waals surface area contributed by atoms with Crippen molar-refractivity contribution in [2.45, 2.75) is 13.8 Å². The molecule has 4 nitrogen and oxygen atoms in total. The first-order valence-corrected chi connectivity index (χ1v) is 6.16. The first kappa shape index (κ1) is 11.6. The predicted octanol–water partition coefficient (Wildman–Crippen LogP) is 2.95. The monoisotopic (exact) mass is 250 g/mol. The summed E-state index contributed by atoms with van der Waals surface area (Å²) in [5, 5.41) is 8.41. The van der Waals surface area contributed by atoms with Gasteiger partial charge in [0, 0.05) is 11.9 Å². The van der Waals surface area contributed by atoms with Gasteiger partial charge in [-0.25, -0.2) is 0 Å². The van der Waals surface area contributed by atoms with Crippen LogP contribution in [0.25, 0.3) is 17.2 Å². The zero-order chi connectivity index (χ0) is 13.2. The summed E-state index contributed by atoms with van der Waals surface area (Å²) in [6.45, 7) is 4.02. The van der Waals surface area contributed by atoms with Crippen molar-refractivity contribution in [1.29, 1.82) is 0 Å². The molecule has 0 aliphatic carbocycles. The first-order chi connectivity index (χ1) is 9.25. The van der Waals surface area contributed by atoms with E-state index in [1.54, 1.807) is 6.20 Å². The number of hydrogen-bond acceptors (Lipinski definition) is 3. The number of aromatic nitrogens is 4. The van der Waals surface area contributed by atoms with Gasteiger partial charge in [0.25, 0.3) is 0 Å². The van der Waals surface area contributed by atoms with Crippen LogP contribution in [0.3, 0.4) is 0 Å². The normalized spacial score (nSPS) is 10.6. The standard InChI is InChI=1S/C15H14N4/c1-11-6-5-7-13(10-11)19-12(2)17-18-15(19)14-8-3-4-9-16-14/h3-10H,1-2H3. The van der Waals surface area contributed by atoms with E-state index in [-0.39, 0.29) is 0 Å². The van der Waals surface area contributed by atoms with E-state index < -0.39 is 0 Å². The molecule has 0 aliphatic heterocycles. The molecule has 2 aromatic heterocycles. The third kappa shape index (κ3) is 2.12. The number of aryl methyl sites for hydroxylation is 2. The Kier molecular flexibility index (Phi) is 2.83. The van der Waals surface area contributed by atoms with Crippen molar-refractivity contribution in [3.63, 3.8) is 0 Å². The fraction of sp³-hybridized carbons (Fsp3) is 0.133. The summed E-state index contributed by atoms with van der Waals surface area (Å²) in [5.74, 6) is 1.62. The van der Waals surface area contributed by atoms with E-state index in [1.807, 2.05) is 35.8 Å². The van der Waals surface area contributed by atoms with Crippen LogP contribution in [0.15, 0.2) is 48.7 Å². The molecule has 1 aromatic carbocycles. The van der Waals surface area contributed by atoms with E-state index in [9.17, 15) is 0 Å². The van der Waals surface area contributed by atoms with Crippen LogP contribution in [0, 0.1) is 13.8 Å². The summed E-state index contributed by atoms with van der Waals surface area (Å²) in [4.78, 5) is 4.35. The lowest BCUT2D eigenvalue weighted by molar-refractivity contribution is 0.968. The molecule has 0 unspecified atom stereocenters. The molecular formula is C15H14N4. The predicted molar refractivity (Wildman–Crippen MR) is 74.1 cm³/mol. The number of nitrogens with zero attached hydrogens (tertiary/aromatic N) is 4. The smallest absolute Gasteiger partial charge is 0.187 e. The molecule has 19 heavy (non-hydrogen) atoms. The van der Waals surface area contributed by atoms with Gasteiger partial charge < -0.3 is 0 Å². The Hall–Kier alpha value is -2.49. The second-order valence-electron chi connectivity index (χ2n) is 4.46. The van der Waals surface area contributed by atoms with Crippen molar-refractivity contribution in [2.24, 2.45) is 0 Å². The van der Waals surface area contributed by atoms with E-state index in [2.05, 4.69) is 40.3 Å². The summed E-state index contributed by atoms with van der Waals surface area (Å²) in [6.07, 6.45) is 1.76. The highest BCUT2D eigenvalue weighted by atomic mass is 15.3. The maximum Gasteiger partial charge on any atom is 0.187 e. The minimum atomic E-state index is 0.767. The Morgan fingerprint density at radius 3 is 2.58 bits per heavy atom. The quantitative estimate of drug-likeness (QED) is 0.702. The molecule has 0 bridgehead atoms. The Labute approximate surface area is 111 Å². The van der Waals surface area contributed by atoms with Crippen LogP contribution >= 0.6 is 0 Å². The summed E-state index contributed by atoms with van der Waals surface area (Å²) in [7, 11) is 0. The Morgan fingerprint density at radius 1 is 0.947 bits per heavy atom. The summed E-state index contributed by atoms with van der Waals surface area (Å²) < 4.78 is 2.02. The maximum absolute atomic E-state index is 4.35. The molecule has 94 valence electrons. The minimum Gasteiger partial charge on any atom is -0.278 e. The third-order valence-corrected chi connectivity index (χ3v) is 2.98. The van der Waals surface area contributed by atoms with Crippen LogP contribution in [0.2, 0.25) is 0 Å². The van der Waals surface area contributed by atoms with Crippen molar-refractivity contribution >= 4 is 0 Å². The van der Waals surface area contributed by atoms with Crippen LogP contribution < -0.4 is 0 Å². The zero-order valence-electron chi connectivity index (χ0n) is 10.9. The molecule has 0 spiro atoms. The molecular weight excluding hydrogens is 236 g/mol. The van der Waals surface area contributed by atoms with Gasteiger partial charge in [-0.15, -0.1) is 10.2 Å². The van der Waals surface area contributed by atoms with Gasteiger partial charge in [0.05, 0.1) is 0 Å². The molecule has 0 radical (unpaired) electrons. The van der Waals surface area contributed by atoms with E-state index in [0.29, 0.717) is 0 Å². The maximum atomic E-state index is 4.35. The minimum absolute atomic E-state index is 0.767. The Morgan fingerprint density at radius 2 is 1.84 bits per heavy atom. The van der Waals surface area contributed by atoms with Crippen molar-refractivity contribution in [3.8, 4) is 17.2 Å². The average Bonchev–Trinajstić information content (AvgIpc) is 2.82. The first-order valence-electron chi connectivity index (χ1n) is 6.16. The number of hydrogen-bond donors (Lipinski definition) is 0. The van der Waals surface area contributed by atoms with Crippen molar-refractivity contribution in [2.75, 3.05) is 0 Å². The van der Waals surface area contributed by atoms with Gasteiger partial charge in [0.15, 0.2) is 5.82 Å². The molecule has 0 N–H and O–H groups in total. The summed E-state index contributed by atoms with van der Waals surface area (Å²) >= 11 is 0. The van der Waals surface area contributed by atoms with Crippen LogP contribution in [-0.4, -0.2) is 19.7 Å². The van der Waals surface area contributed by atoms with Gasteiger partial charge in [-0.2, -0.15) is 0 Å². The number of pyridine rings is 1. The summed E-state index contributed by atoms with van der Waals surface area (Å²) in [6, 6.07) is 14.1. The Bertz CT molecular complexity index is 701. The molecule has 0 saturated carbocycles. The van der Waals surface area contributed by atoms with Gasteiger partial charge in [-0.05, 0) is 43.7 Å². The zero-order valence-corrected chi connectivity index (χ0v) is 10.9. The van der Waals surface area contributed by atoms with Crippen molar-refractivity contribution in [3.05, 3.63) is 60.0 Å². The SMILES string of the molecule is Cc1cccc(-n2c(C)nnc2-c2ccccn2)c1. The van der Waals surface area contributed by atoms with Crippen LogP contribution in [0.1, 0.15) is 11.4 Å². The highest BCUT2D eigenvalue weighted by Gasteiger charge is 2.13. The fourth-order valence-electron chi connectivity index (χ4n) is 2.10. The van der Waals surface area contributed by atoms with E-state index in [1.165, 1.54) is 5.56 Å². The fourth-order valence-corrected chi connectivity index (χ4v) is 2.10. The molecule has 0 fully saturated rings. The molecule has 0 aliphatic rings. The second-order valence-corrected chi connectivity index (χ2v) is 4.46. The number of rotatable bonds is 2. The molecule has 3 aromatic rings. The Balaban J connectivity index is 2.20. The van der Waals surface area contributed by atoms with Gasteiger partial charge in [0.1, 0.15) is 11.5 Å². The molecule has 4 heteroatoms. The molecule has 2 heterocycles. The lowest BCUT2D eigenvalue weighted by Gasteiger charge is -2.08. The van der Waals surface area contributed by atoms with Crippen LogP contribution in [0.4, 0.5) is 0 Å². The van der Waals surface area contributed by atoms with Gasteiger partial charge in [-0.1, -0.05) is 18.2 Å². The van der Waals surface area contributed by atoms with E-state index in [4.69, 9.17) is 0 Å². The van der Waals surface area contributed by atoms with Crippen LogP contribution in [-0.2, 0) is 0 Å². The van der Waals surface area contributed by atoms with Crippen molar-refractivity contribution in [1.82, 2.24) is 19.7 Å². The average molecular weight is 250 g/mol. The highest BCUT2D eigenvalue weighted by molar-refractivity contribution is 5.54. The topological polar surface area (TPSA) is 43.6 Å². The summed E-state index contributed by atoms with van der Waals surface area (Å²) in [5.41, 5.74) is 3.09. The molecule has 0 atom stereocenters. The highest BCUT2D eigenvalue weighted by Crippen LogP contribution is 2.21. The molecule has 3 rings (SSSR count). The molecule has 0 amide bonds. The lowest BCUT2D eigenvalue weighted by Crippen LogP contribution is -2.01. The largest absolute Gasteiger partial charge is 0.278 e. The van der Waals surface area contributed by atoms with Crippen LogP contribution in [0.5, 0.6) is 0 Å². The number of benzene rings is 1.